The number of rotatable bonds is 2. The Kier molecular flexibility index (Phi) is 3.40. The topological polar surface area (TPSA) is 39.2 Å². The predicted octanol–water partition coefficient (Wildman–Crippen LogP) is 3.19. The number of hydrogen-bond donors (Lipinski definition) is 0. The van der Waals surface area contributed by atoms with E-state index in [1.165, 1.54) is 7.11 Å². The molecule has 3 nitrogen and oxygen atoms in total. The van der Waals surface area contributed by atoms with E-state index in [0.29, 0.717) is 16.4 Å². The van der Waals surface area contributed by atoms with Crippen LogP contribution in [-0.4, -0.2) is 18.1 Å². The Balaban J connectivity index is 2.59. The van der Waals surface area contributed by atoms with Crippen molar-refractivity contribution in [3.05, 3.63) is 53.2 Å². The molecular weight excluding hydrogens is 238 g/mol. The van der Waals surface area contributed by atoms with Gasteiger partial charge in [0.1, 0.15) is 5.15 Å². The number of benzene rings is 1. The second-order valence-corrected chi connectivity index (χ2v) is 3.77. The molecule has 86 valence electrons. The number of aromatic nitrogens is 1. The lowest BCUT2D eigenvalue weighted by molar-refractivity contribution is 0.0601. The molecule has 0 N–H and O–H groups in total. The minimum Gasteiger partial charge on any atom is -0.465 e. The van der Waals surface area contributed by atoms with Crippen molar-refractivity contribution in [1.29, 1.82) is 0 Å². The first kappa shape index (κ1) is 11.6. The monoisotopic (exact) mass is 247 g/mol. The lowest BCUT2D eigenvalue weighted by Crippen LogP contribution is -2.05. The molecule has 0 saturated carbocycles. The Bertz CT molecular complexity index is 540. The summed E-state index contributed by atoms with van der Waals surface area (Å²) in [4.78, 5) is 15.8. The maximum atomic E-state index is 11.6. The zero-order valence-corrected chi connectivity index (χ0v) is 9.94. The Hall–Kier alpha value is -1.87. The molecule has 1 aromatic carbocycles. The standard InChI is InChI=1S/C13H10ClNO2/c1-17-13(16)10-7-8-11(14)15-12(10)9-5-3-2-4-6-9/h2-8H,1H3. The van der Waals surface area contributed by atoms with Gasteiger partial charge in [0, 0.05) is 5.56 Å². The van der Waals surface area contributed by atoms with Crippen LogP contribution in [0.25, 0.3) is 11.3 Å². The Morgan fingerprint density at radius 3 is 2.53 bits per heavy atom. The molecule has 0 aliphatic rings. The van der Waals surface area contributed by atoms with Gasteiger partial charge < -0.3 is 4.74 Å². The number of carbonyl (C=O) groups is 1. The first-order chi connectivity index (χ1) is 8.22. The summed E-state index contributed by atoms with van der Waals surface area (Å²) < 4.78 is 4.72. The van der Waals surface area contributed by atoms with Crippen molar-refractivity contribution in [2.45, 2.75) is 0 Å². The van der Waals surface area contributed by atoms with Crippen LogP contribution in [-0.2, 0) is 4.74 Å². The fourth-order valence-corrected chi connectivity index (χ4v) is 1.67. The Morgan fingerprint density at radius 2 is 1.88 bits per heavy atom. The summed E-state index contributed by atoms with van der Waals surface area (Å²) in [6.45, 7) is 0. The van der Waals surface area contributed by atoms with Crippen molar-refractivity contribution in [1.82, 2.24) is 4.98 Å². The van der Waals surface area contributed by atoms with Crippen LogP contribution in [0.15, 0.2) is 42.5 Å². The number of esters is 1. The average molecular weight is 248 g/mol. The summed E-state index contributed by atoms with van der Waals surface area (Å²) in [7, 11) is 1.34. The van der Waals surface area contributed by atoms with E-state index in [1.807, 2.05) is 30.3 Å². The first-order valence-electron chi connectivity index (χ1n) is 5.02. The number of pyridine rings is 1. The molecule has 17 heavy (non-hydrogen) atoms. The van der Waals surface area contributed by atoms with Gasteiger partial charge in [-0.15, -0.1) is 0 Å². The molecule has 0 spiro atoms. The maximum absolute atomic E-state index is 11.6. The molecule has 0 fully saturated rings. The van der Waals surface area contributed by atoms with Crippen molar-refractivity contribution >= 4 is 17.6 Å². The van der Waals surface area contributed by atoms with Crippen LogP contribution in [0, 0.1) is 0 Å². The van der Waals surface area contributed by atoms with Crippen molar-refractivity contribution in [3.63, 3.8) is 0 Å². The summed E-state index contributed by atoms with van der Waals surface area (Å²) >= 11 is 5.85. The van der Waals surface area contributed by atoms with E-state index in [2.05, 4.69) is 4.98 Å². The molecule has 1 heterocycles. The predicted molar refractivity (Wildman–Crippen MR) is 66.0 cm³/mol. The van der Waals surface area contributed by atoms with Crippen LogP contribution >= 0.6 is 11.6 Å². The van der Waals surface area contributed by atoms with Gasteiger partial charge in [-0.05, 0) is 12.1 Å². The second-order valence-electron chi connectivity index (χ2n) is 3.39. The third kappa shape index (κ3) is 2.45. The van der Waals surface area contributed by atoms with Gasteiger partial charge in [0.25, 0.3) is 0 Å². The number of hydrogen-bond acceptors (Lipinski definition) is 3. The quantitative estimate of drug-likeness (QED) is 0.604. The Morgan fingerprint density at radius 1 is 1.18 bits per heavy atom. The van der Waals surface area contributed by atoms with Crippen molar-refractivity contribution < 1.29 is 9.53 Å². The second kappa shape index (κ2) is 4.97. The third-order valence-corrected chi connectivity index (χ3v) is 2.52. The molecule has 1 aromatic heterocycles. The van der Waals surface area contributed by atoms with Crippen molar-refractivity contribution in [2.24, 2.45) is 0 Å². The minimum absolute atomic E-state index is 0.344. The van der Waals surface area contributed by atoms with Crippen LogP contribution in [0.1, 0.15) is 10.4 Å². The van der Waals surface area contributed by atoms with Gasteiger partial charge in [-0.25, -0.2) is 9.78 Å². The molecule has 0 aliphatic heterocycles. The highest BCUT2D eigenvalue weighted by Crippen LogP contribution is 2.23. The van der Waals surface area contributed by atoms with Gasteiger partial charge in [-0.3, -0.25) is 0 Å². The molecule has 0 saturated heterocycles. The normalized spacial score (nSPS) is 10.0. The van der Waals surface area contributed by atoms with Crippen molar-refractivity contribution in [3.8, 4) is 11.3 Å². The fourth-order valence-electron chi connectivity index (χ4n) is 1.53. The van der Waals surface area contributed by atoms with E-state index >= 15 is 0 Å². The molecule has 0 bridgehead atoms. The highest BCUT2D eigenvalue weighted by atomic mass is 35.5. The third-order valence-electron chi connectivity index (χ3n) is 2.31. The van der Waals surface area contributed by atoms with E-state index < -0.39 is 5.97 Å². The minimum atomic E-state index is -0.423. The Labute approximate surface area is 104 Å². The maximum Gasteiger partial charge on any atom is 0.340 e. The summed E-state index contributed by atoms with van der Waals surface area (Å²) in [5.41, 5.74) is 1.77. The van der Waals surface area contributed by atoms with E-state index in [9.17, 15) is 4.79 Å². The van der Waals surface area contributed by atoms with E-state index in [4.69, 9.17) is 16.3 Å². The molecular formula is C13H10ClNO2. The number of ether oxygens (including phenoxy) is 1. The molecule has 2 rings (SSSR count). The van der Waals surface area contributed by atoms with Gasteiger partial charge in [0.05, 0.1) is 18.4 Å². The van der Waals surface area contributed by atoms with E-state index in [0.717, 1.165) is 5.56 Å². The van der Waals surface area contributed by atoms with E-state index in [-0.39, 0.29) is 0 Å². The fraction of sp³-hybridized carbons (Fsp3) is 0.0769. The first-order valence-corrected chi connectivity index (χ1v) is 5.40. The summed E-state index contributed by atoms with van der Waals surface area (Å²) in [6, 6.07) is 12.6. The SMILES string of the molecule is COC(=O)c1ccc(Cl)nc1-c1ccccc1. The largest absolute Gasteiger partial charge is 0.465 e. The lowest BCUT2D eigenvalue weighted by atomic mass is 10.1. The summed E-state index contributed by atoms with van der Waals surface area (Å²) in [5.74, 6) is -0.423. The van der Waals surface area contributed by atoms with Crippen molar-refractivity contribution in [2.75, 3.05) is 7.11 Å². The molecule has 0 atom stereocenters. The lowest BCUT2D eigenvalue weighted by Gasteiger charge is -2.07. The zero-order valence-electron chi connectivity index (χ0n) is 9.18. The van der Waals surface area contributed by atoms with Gasteiger partial charge in [-0.2, -0.15) is 0 Å². The highest BCUT2D eigenvalue weighted by Gasteiger charge is 2.14. The molecule has 0 unspecified atom stereocenters. The molecule has 0 amide bonds. The van der Waals surface area contributed by atoms with Crippen LogP contribution in [0.2, 0.25) is 5.15 Å². The molecule has 4 heteroatoms. The van der Waals surface area contributed by atoms with Crippen LogP contribution in [0.3, 0.4) is 0 Å². The van der Waals surface area contributed by atoms with Crippen LogP contribution in [0.4, 0.5) is 0 Å². The summed E-state index contributed by atoms with van der Waals surface area (Å²) in [6.07, 6.45) is 0. The van der Waals surface area contributed by atoms with Gasteiger partial charge in [0.2, 0.25) is 0 Å². The number of halogens is 1. The van der Waals surface area contributed by atoms with Crippen LogP contribution in [0.5, 0.6) is 0 Å². The molecule has 0 aliphatic carbocycles. The number of methoxy groups -OCH3 is 1. The van der Waals surface area contributed by atoms with Gasteiger partial charge in [-0.1, -0.05) is 41.9 Å². The average Bonchev–Trinajstić information content (AvgIpc) is 2.39. The smallest absolute Gasteiger partial charge is 0.340 e. The highest BCUT2D eigenvalue weighted by molar-refractivity contribution is 6.29. The number of nitrogens with zero attached hydrogens (tertiary/aromatic N) is 1. The molecule has 0 radical (unpaired) electrons. The van der Waals surface area contributed by atoms with Gasteiger partial charge >= 0.3 is 5.97 Å². The molecule has 2 aromatic rings. The van der Waals surface area contributed by atoms with E-state index in [1.54, 1.807) is 12.1 Å². The summed E-state index contributed by atoms with van der Waals surface area (Å²) in [5, 5.41) is 0.344. The zero-order chi connectivity index (χ0) is 12.3. The van der Waals surface area contributed by atoms with Gasteiger partial charge in [0.15, 0.2) is 0 Å². The number of carbonyl (C=O) groups excluding carboxylic acids is 1. The van der Waals surface area contributed by atoms with Crippen LogP contribution < -0.4 is 0 Å².